The Kier molecular flexibility index (Phi) is 9.77. The van der Waals surface area contributed by atoms with E-state index in [0.29, 0.717) is 23.7 Å². The summed E-state index contributed by atoms with van der Waals surface area (Å²) in [6.07, 6.45) is 2.12. The van der Waals surface area contributed by atoms with Gasteiger partial charge in [0.2, 0.25) is 5.91 Å². The highest BCUT2D eigenvalue weighted by Crippen LogP contribution is 2.53. The third-order valence-corrected chi connectivity index (χ3v) is 6.77. The maximum absolute atomic E-state index is 13.9. The Labute approximate surface area is 181 Å². The number of carbonyl (C=O) groups excluding carboxylic acids is 2. The van der Waals surface area contributed by atoms with E-state index in [2.05, 4.69) is 10.1 Å². The quantitative estimate of drug-likeness (QED) is 0.376. The van der Waals surface area contributed by atoms with Gasteiger partial charge < -0.3 is 19.1 Å². The predicted molar refractivity (Wildman–Crippen MR) is 118 cm³/mol. The molecule has 0 aliphatic rings. The average molecular weight is 451 g/mol. The number of ether oxygens (including phenoxy) is 1. The van der Waals surface area contributed by atoms with Crippen molar-refractivity contribution >= 4 is 31.2 Å². The fraction of sp³-hybridized carbons (Fsp3) is 0.333. The Bertz CT molecular complexity index is 804. The van der Waals surface area contributed by atoms with Crippen molar-refractivity contribution < 1.29 is 27.9 Å². The SMILES string of the molecule is COC(=O)CCC(=O)NC(CCSC)P(=O)(Oc1ccccc1)Oc1ccccc1. The first kappa shape index (κ1) is 23.8. The van der Waals surface area contributed by atoms with E-state index in [4.69, 9.17) is 9.05 Å². The van der Waals surface area contributed by atoms with Gasteiger partial charge in [-0.25, -0.2) is 4.57 Å². The molecule has 0 fully saturated rings. The summed E-state index contributed by atoms with van der Waals surface area (Å²) in [4.78, 5) is 23.8. The van der Waals surface area contributed by atoms with Crippen LogP contribution in [0.4, 0.5) is 0 Å². The number of hydrogen-bond acceptors (Lipinski definition) is 7. The van der Waals surface area contributed by atoms with Gasteiger partial charge in [0.25, 0.3) is 0 Å². The molecule has 0 bridgehead atoms. The molecule has 1 N–H and O–H groups in total. The summed E-state index contributed by atoms with van der Waals surface area (Å²) >= 11 is 1.55. The molecule has 0 heterocycles. The first-order chi connectivity index (χ1) is 14.5. The molecule has 1 amide bonds. The number of esters is 1. The minimum absolute atomic E-state index is 0.0685. The van der Waals surface area contributed by atoms with Gasteiger partial charge in [0.1, 0.15) is 11.5 Å². The van der Waals surface area contributed by atoms with Gasteiger partial charge in [-0.2, -0.15) is 11.8 Å². The average Bonchev–Trinajstić information content (AvgIpc) is 2.76. The first-order valence-electron chi connectivity index (χ1n) is 9.41. The van der Waals surface area contributed by atoms with Gasteiger partial charge in [-0.15, -0.1) is 0 Å². The highest BCUT2D eigenvalue weighted by molar-refractivity contribution is 7.98. The number of carbonyl (C=O) groups is 2. The molecule has 1 unspecified atom stereocenters. The summed E-state index contributed by atoms with van der Waals surface area (Å²) in [5.41, 5.74) is 0. The van der Waals surface area contributed by atoms with E-state index in [1.807, 2.05) is 18.4 Å². The lowest BCUT2D eigenvalue weighted by molar-refractivity contribution is -0.142. The van der Waals surface area contributed by atoms with Crippen molar-refractivity contribution in [3.8, 4) is 11.5 Å². The van der Waals surface area contributed by atoms with Crippen LogP contribution in [0.1, 0.15) is 19.3 Å². The molecular formula is C21H26NO6PS. The van der Waals surface area contributed by atoms with Gasteiger partial charge in [0.05, 0.1) is 13.5 Å². The molecule has 0 saturated heterocycles. The highest BCUT2D eigenvalue weighted by Gasteiger charge is 2.40. The van der Waals surface area contributed by atoms with E-state index in [1.165, 1.54) is 7.11 Å². The molecule has 1 atom stereocenters. The minimum atomic E-state index is -3.87. The molecule has 30 heavy (non-hydrogen) atoms. The number of amides is 1. The fourth-order valence-corrected chi connectivity index (χ4v) is 5.03. The van der Waals surface area contributed by atoms with E-state index in [1.54, 1.807) is 60.3 Å². The maximum atomic E-state index is 13.9. The molecule has 2 aromatic carbocycles. The lowest BCUT2D eigenvalue weighted by Gasteiger charge is -2.28. The molecule has 0 saturated carbocycles. The molecule has 9 heteroatoms. The van der Waals surface area contributed by atoms with Crippen molar-refractivity contribution in [1.29, 1.82) is 0 Å². The van der Waals surface area contributed by atoms with Crippen molar-refractivity contribution in [2.45, 2.75) is 25.0 Å². The first-order valence-corrected chi connectivity index (χ1v) is 12.4. The molecule has 0 spiro atoms. The Hall–Kier alpha value is -2.44. The van der Waals surface area contributed by atoms with E-state index < -0.39 is 25.3 Å². The molecule has 162 valence electrons. The second-order valence-electron chi connectivity index (χ2n) is 6.29. The summed E-state index contributed by atoms with van der Waals surface area (Å²) in [5, 5.41) is 2.74. The smallest absolute Gasteiger partial charge is 0.452 e. The molecule has 0 aromatic heterocycles. The summed E-state index contributed by atoms with van der Waals surface area (Å²) in [7, 11) is -2.61. The Balaban J connectivity index is 2.27. The van der Waals surface area contributed by atoms with Gasteiger partial charge in [-0.05, 0) is 42.7 Å². The third-order valence-electron chi connectivity index (χ3n) is 4.04. The van der Waals surface area contributed by atoms with Crippen molar-refractivity contribution in [2.24, 2.45) is 0 Å². The Morgan fingerprint density at radius 1 is 0.967 bits per heavy atom. The number of nitrogens with one attached hydrogen (secondary N) is 1. The van der Waals surface area contributed by atoms with Crippen LogP contribution in [0.2, 0.25) is 0 Å². The highest BCUT2D eigenvalue weighted by atomic mass is 32.2. The van der Waals surface area contributed by atoms with Crippen LogP contribution < -0.4 is 14.4 Å². The van der Waals surface area contributed by atoms with E-state index >= 15 is 0 Å². The van der Waals surface area contributed by atoms with Crippen LogP contribution in [-0.4, -0.2) is 36.8 Å². The van der Waals surface area contributed by atoms with Gasteiger partial charge in [-0.1, -0.05) is 36.4 Å². The predicted octanol–water partition coefficient (Wildman–Crippen LogP) is 4.49. The number of para-hydroxylation sites is 2. The standard InChI is InChI=1S/C21H26NO6PS/c1-26-21(24)14-13-19(23)22-20(15-16-30-2)29(25,27-17-9-5-3-6-10-17)28-18-11-7-4-8-12-18/h3-12,20H,13-16H2,1-2H3,(H,22,23). The number of methoxy groups -OCH3 is 1. The van der Waals surface area contributed by atoms with Crippen LogP contribution in [0.15, 0.2) is 60.7 Å². The minimum Gasteiger partial charge on any atom is -0.469 e. The zero-order valence-electron chi connectivity index (χ0n) is 17.0. The van der Waals surface area contributed by atoms with Crippen LogP contribution in [-0.2, 0) is 18.9 Å². The van der Waals surface area contributed by atoms with Crippen molar-refractivity contribution in [2.75, 3.05) is 19.1 Å². The summed E-state index contributed by atoms with van der Waals surface area (Å²) in [5.74, 6) is -0.447. The van der Waals surface area contributed by atoms with Crippen molar-refractivity contribution in [1.82, 2.24) is 5.32 Å². The third kappa shape index (κ3) is 7.76. The zero-order chi connectivity index (χ0) is 21.8. The zero-order valence-corrected chi connectivity index (χ0v) is 18.7. The molecule has 0 aliphatic carbocycles. The Morgan fingerprint density at radius 2 is 1.50 bits per heavy atom. The molecule has 0 radical (unpaired) electrons. The monoisotopic (exact) mass is 451 g/mol. The number of benzene rings is 2. The normalized spacial score (nSPS) is 11.9. The molecule has 2 rings (SSSR count). The van der Waals surface area contributed by atoms with E-state index in [0.717, 1.165) is 0 Å². The number of thioether (sulfide) groups is 1. The molecular weight excluding hydrogens is 425 g/mol. The summed E-state index contributed by atoms with van der Waals surface area (Å²) in [6.45, 7) is 0. The van der Waals surface area contributed by atoms with Gasteiger partial charge in [-0.3, -0.25) is 9.59 Å². The lowest BCUT2D eigenvalue weighted by Crippen LogP contribution is -2.37. The van der Waals surface area contributed by atoms with Crippen molar-refractivity contribution in [3.63, 3.8) is 0 Å². The molecule has 2 aromatic rings. The topological polar surface area (TPSA) is 90.9 Å². The van der Waals surface area contributed by atoms with Crippen LogP contribution in [0.25, 0.3) is 0 Å². The molecule has 7 nitrogen and oxygen atoms in total. The Morgan fingerprint density at radius 3 is 1.97 bits per heavy atom. The fourth-order valence-electron chi connectivity index (χ4n) is 2.52. The van der Waals surface area contributed by atoms with E-state index in [-0.39, 0.29) is 12.8 Å². The summed E-state index contributed by atoms with van der Waals surface area (Å²) in [6, 6.07) is 17.4. The number of hydrogen-bond donors (Lipinski definition) is 1. The molecule has 0 aliphatic heterocycles. The van der Waals surface area contributed by atoms with E-state index in [9.17, 15) is 14.2 Å². The largest absolute Gasteiger partial charge is 0.469 e. The van der Waals surface area contributed by atoms with Crippen LogP contribution >= 0.6 is 19.4 Å². The van der Waals surface area contributed by atoms with Gasteiger partial charge >= 0.3 is 13.6 Å². The van der Waals surface area contributed by atoms with Crippen molar-refractivity contribution in [3.05, 3.63) is 60.7 Å². The van der Waals surface area contributed by atoms with Gasteiger partial charge in [0.15, 0.2) is 5.78 Å². The second-order valence-corrected chi connectivity index (χ2v) is 9.34. The number of rotatable bonds is 12. The maximum Gasteiger partial charge on any atom is 0.452 e. The summed E-state index contributed by atoms with van der Waals surface area (Å²) < 4.78 is 30.2. The van der Waals surface area contributed by atoms with Gasteiger partial charge in [0, 0.05) is 6.42 Å². The van der Waals surface area contributed by atoms with Crippen LogP contribution in [0, 0.1) is 0 Å². The lowest BCUT2D eigenvalue weighted by atomic mass is 10.3. The van der Waals surface area contributed by atoms with Crippen LogP contribution in [0.3, 0.4) is 0 Å². The van der Waals surface area contributed by atoms with Crippen LogP contribution in [0.5, 0.6) is 11.5 Å². The second kappa shape index (κ2) is 12.3.